The molecule has 0 N–H and O–H groups in total. The molecule has 0 unspecified atom stereocenters. The van der Waals surface area contributed by atoms with Gasteiger partial charge < -0.3 is 0 Å². The van der Waals surface area contributed by atoms with E-state index in [2.05, 4.69) is 87.7 Å². The maximum Gasteiger partial charge on any atom is 0.125 e. The standard InChI is InChI=1S/C7H9N.7C6H8N2.8C2H6/c1-6-3-4-8-7(2)5-6;2*1-5-3-8-6(2)4-7-5;1-5-3-7-4-6(2)8-5;2*1-5-3-7-6(2)8-4-5;2*1-5-3-4-7-6(2)8-5;8*1-2/h3-5H,1-2H3;7*3-4H,1-2H3;8*1-2H3. The van der Waals surface area contributed by atoms with Crippen LogP contribution in [-0.2, 0) is 0 Å². The summed E-state index contributed by atoms with van der Waals surface area (Å²) < 4.78 is 0. The summed E-state index contributed by atoms with van der Waals surface area (Å²) in [6.07, 6.45) is 23.1. The van der Waals surface area contributed by atoms with Gasteiger partial charge in [-0.25, -0.2) is 39.9 Å². The molecule has 0 amide bonds. The molecule has 15 heteroatoms. The fourth-order valence-electron chi connectivity index (χ4n) is 4.25. The minimum atomic E-state index is 0.829. The minimum Gasteiger partial charge on any atom is -0.262 e. The molecule has 0 spiro atoms. The topological polar surface area (TPSA) is 193 Å². The van der Waals surface area contributed by atoms with Crippen molar-refractivity contribution in [2.45, 2.75) is 222 Å². The minimum absolute atomic E-state index is 0.829. The quantitative estimate of drug-likeness (QED) is 0.139. The van der Waals surface area contributed by atoms with Crippen LogP contribution in [0.2, 0.25) is 0 Å². The van der Waals surface area contributed by atoms with Crippen molar-refractivity contribution in [2.24, 2.45) is 0 Å². The molecule has 0 aliphatic heterocycles. The fraction of sp³-hybridized carbons (Fsp3) is 0.492. The molecule has 15 nitrogen and oxygen atoms in total. The average Bonchev–Trinajstić information content (AvgIpc) is 3.47. The number of pyridine rings is 1. The molecule has 8 aromatic heterocycles. The Morgan fingerprint density at radius 1 is 0.200 bits per heavy atom. The third kappa shape index (κ3) is 65.0. The summed E-state index contributed by atoms with van der Waals surface area (Å²) in [6.45, 7) is 63.0. The molecule has 448 valence electrons. The lowest BCUT2D eigenvalue weighted by Gasteiger charge is -1.90. The van der Waals surface area contributed by atoms with Crippen LogP contribution in [0, 0.1) is 111 Å². The number of nitrogens with zero attached hydrogens (tertiary/aromatic N) is 15. The first-order chi connectivity index (χ1) is 38.3. The second kappa shape index (κ2) is 67.8. The molecule has 0 saturated carbocycles. The van der Waals surface area contributed by atoms with Crippen LogP contribution in [0.15, 0.2) is 105 Å². The van der Waals surface area contributed by atoms with Gasteiger partial charge in [0.15, 0.2) is 0 Å². The molecule has 0 fully saturated rings. The molecule has 0 aliphatic carbocycles. The van der Waals surface area contributed by atoms with E-state index in [0.29, 0.717) is 0 Å². The molecule has 0 atom stereocenters. The Labute approximate surface area is 490 Å². The molecule has 8 aromatic rings. The molecule has 0 saturated heterocycles. The van der Waals surface area contributed by atoms with Gasteiger partial charge in [-0.3, -0.25) is 34.9 Å². The highest BCUT2D eigenvalue weighted by atomic mass is 14.9. The lowest BCUT2D eigenvalue weighted by Crippen LogP contribution is -1.86. The summed E-state index contributed by atoms with van der Waals surface area (Å²) in [5, 5.41) is 0. The van der Waals surface area contributed by atoms with Gasteiger partial charge in [-0.15, -0.1) is 0 Å². The normalized spacial score (nSPS) is 8.00. The van der Waals surface area contributed by atoms with Crippen LogP contribution in [0.4, 0.5) is 0 Å². The van der Waals surface area contributed by atoms with Gasteiger partial charge in [-0.05, 0) is 152 Å². The predicted molar refractivity (Wildman–Crippen MR) is 345 cm³/mol. The van der Waals surface area contributed by atoms with E-state index < -0.39 is 0 Å². The Bertz CT molecular complexity index is 1950. The molecule has 0 aromatic carbocycles. The van der Waals surface area contributed by atoms with Crippen molar-refractivity contribution in [2.75, 3.05) is 0 Å². The summed E-state index contributed by atoms with van der Waals surface area (Å²) >= 11 is 0. The lowest BCUT2D eigenvalue weighted by atomic mass is 10.3. The first kappa shape index (κ1) is 89.3. The van der Waals surface area contributed by atoms with E-state index in [1.165, 1.54) is 5.56 Å². The molecule has 8 rings (SSSR count). The highest BCUT2D eigenvalue weighted by Crippen LogP contribution is 1.97. The van der Waals surface area contributed by atoms with Crippen molar-refractivity contribution in [3.63, 3.8) is 0 Å². The van der Waals surface area contributed by atoms with Gasteiger partial charge in [0.05, 0.1) is 34.2 Å². The van der Waals surface area contributed by atoms with E-state index in [9.17, 15) is 0 Å². The number of aryl methyl sites for hydroxylation is 16. The third-order valence-electron chi connectivity index (χ3n) is 7.40. The van der Waals surface area contributed by atoms with E-state index in [4.69, 9.17) is 0 Å². The van der Waals surface area contributed by atoms with Crippen LogP contribution in [-0.4, -0.2) is 74.8 Å². The van der Waals surface area contributed by atoms with Crippen LogP contribution in [0.5, 0.6) is 0 Å². The summed E-state index contributed by atoms with van der Waals surface area (Å²) in [5.74, 6) is 3.33. The SMILES string of the molecule is CC.CC.CC.CC.CC.CC.CC.CC.Cc1ccnc(C)c1.Cc1ccnc(C)n1.Cc1ccnc(C)n1.Cc1cnc(C)cn1.Cc1cnc(C)cn1.Cc1cnc(C)nc1.Cc1cnc(C)nc1.Cc1cncc(C)n1. The molecule has 80 heavy (non-hydrogen) atoms. The fourth-order valence-corrected chi connectivity index (χ4v) is 4.25. The van der Waals surface area contributed by atoms with Gasteiger partial charge in [0, 0.05) is 97.6 Å². The molecule has 0 aliphatic rings. The Hall–Kier alpha value is -7.29. The molecule has 0 bridgehead atoms. The maximum absolute atomic E-state index is 4.11. The van der Waals surface area contributed by atoms with Gasteiger partial charge in [-0.2, -0.15) is 0 Å². The van der Waals surface area contributed by atoms with Crippen LogP contribution in [0.3, 0.4) is 0 Å². The van der Waals surface area contributed by atoms with E-state index >= 15 is 0 Å². The van der Waals surface area contributed by atoms with Crippen molar-refractivity contribution >= 4 is 0 Å². The monoisotopic (exact) mass is 1100 g/mol. The van der Waals surface area contributed by atoms with E-state index in [1.807, 2.05) is 264 Å². The zero-order valence-electron chi connectivity index (χ0n) is 56.5. The first-order valence-corrected chi connectivity index (χ1v) is 28.5. The van der Waals surface area contributed by atoms with Crippen molar-refractivity contribution < 1.29 is 0 Å². The van der Waals surface area contributed by atoms with Gasteiger partial charge >= 0.3 is 0 Å². The van der Waals surface area contributed by atoms with E-state index in [0.717, 1.165) is 85.7 Å². The number of hydrogen-bond acceptors (Lipinski definition) is 15. The molecule has 8 heterocycles. The van der Waals surface area contributed by atoms with Gasteiger partial charge in [0.2, 0.25) is 0 Å². The Morgan fingerprint density at radius 3 is 0.637 bits per heavy atom. The first-order valence-electron chi connectivity index (χ1n) is 28.5. The zero-order valence-corrected chi connectivity index (χ0v) is 56.5. The maximum atomic E-state index is 4.11. The van der Waals surface area contributed by atoms with Crippen LogP contribution in [0.25, 0.3) is 0 Å². The molecular weight excluding hydrogens is 991 g/mol. The van der Waals surface area contributed by atoms with Crippen molar-refractivity contribution in [1.82, 2.24) is 74.8 Å². The number of hydrogen-bond donors (Lipinski definition) is 0. The van der Waals surface area contributed by atoms with Gasteiger partial charge in [0.25, 0.3) is 0 Å². The van der Waals surface area contributed by atoms with E-state index in [-0.39, 0.29) is 0 Å². The van der Waals surface area contributed by atoms with E-state index in [1.54, 1.807) is 49.6 Å². The molecular formula is C65H113N15. The summed E-state index contributed by atoms with van der Waals surface area (Å²) in [5.41, 5.74) is 12.5. The summed E-state index contributed by atoms with van der Waals surface area (Å²) in [4.78, 5) is 60.0. The Kier molecular flexibility index (Phi) is 75.7. The van der Waals surface area contributed by atoms with Gasteiger partial charge in [-0.1, -0.05) is 111 Å². The Morgan fingerprint density at radius 2 is 0.475 bits per heavy atom. The zero-order chi connectivity index (χ0) is 63.9. The van der Waals surface area contributed by atoms with Crippen LogP contribution in [0.1, 0.15) is 202 Å². The number of rotatable bonds is 0. The van der Waals surface area contributed by atoms with Gasteiger partial charge in [0.1, 0.15) is 23.3 Å². The van der Waals surface area contributed by atoms with Crippen molar-refractivity contribution in [3.8, 4) is 0 Å². The second-order valence-corrected chi connectivity index (χ2v) is 14.5. The van der Waals surface area contributed by atoms with Crippen LogP contribution < -0.4 is 0 Å². The Balaban J connectivity index is -0.000000119. The highest BCUT2D eigenvalue weighted by molar-refractivity contribution is 5.12. The smallest absolute Gasteiger partial charge is 0.125 e. The van der Waals surface area contributed by atoms with Crippen molar-refractivity contribution in [1.29, 1.82) is 0 Å². The third-order valence-corrected chi connectivity index (χ3v) is 7.40. The predicted octanol–water partition coefficient (Wildman–Crippen LogP) is 17.6. The lowest BCUT2D eigenvalue weighted by molar-refractivity contribution is 1.01. The average molecular weight is 1100 g/mol. The summed E-state index contributed by atoms with van der Waals surface area (Å²) in [7, 11) is 0. The highest BCUT2D eigenvalue weighted by Gasteiger charge is 1.88. The second-order valence-electron chi connectivity index (χ2n) is 14.5. The largest absolute Gasteiger partial charge is 0.262 e. The summed E-state index contributed by atoms with van der Waals surface area (Å²) in [6, 6.07) is 7.81. The molecule has 0 radical (unpaired) electrons. The number of aromatic nitrogens is 15. The van der Waals surface area contributed by atoms with Crippen molar-refractivity contribution in [3.05, 3.63) is 196 Å². The van der Waals surface area contributed by atoms with Crippen LogP contribution >= 0.6 is 0 Å².